The molecule has 1 aromatic rings. The van der Waals surface area contributed by atoms with Crippen LogP contribution in [-0.2, 0) is 0 Å². The van der Waals surface area contributed by atoms with Crippen molar-refractivity contribution >= 4 is 17.3 Å². The van der Waals surface area contributed by atoms with Crippen LogP contribution in [0.5, 0.6) is 5.75 Å². The van der Waals surface area contributed by atoms with E-state index in [1.165, 1.54) is 7.11 Å². The number of hydrogen-bond acceptors (Lipinski definition) is 5. The molecule has 80 valence electrons. The molecule has 0 aromatic heterocycles. The number of nitrogens with zero attached hydrogens (tertiary/aromatic N) is 1. The zero-order chi connectivity index (χ0) is 11.6. The number of benzene rings is 1. The molecule has 0 aliphatic heterocycles. The fourth-order valence-corrected chi connectivity index (χ4v) is 1.08. The van der Waals surface area contributed by atoms with E-state index >= 15 is 0 Å². The number of carboxylic acid groups (broad SMARTS) is 1. The summed E-state index contributed by atoms with van der Waals surface area (Å²) in [6.07, 6.45) is 0. The van der Waals surface area contributed by atoms with Crippen molar-refractivity contribution in [2.45, 2.75) is 0 Å². The van der Waals surface area contributed by atoms with Gasteiger partial charge in [-0.2, -0.15) is 0 Å². The van der Waals surface area contributed by atoms with Crippen LogP contribution in [0.25, 0.3) is 0 Å². The molecule has 0 bridgehead atoms. The van der Waals surface area contributed by atoms with Gasteiger partial charge in [-0.1, -0.05) is 0 Å². The monoisotopic (exact) mass is 212 g/mol. The maximum Gasteiger partial charge on any atom is 0.342 e. The van der Waals surface area contributed by atoms with Crippen LogP contribution in [0.3, 0.4) is 0 Å². The van der Waals surface area contributed by atoms with E-state index in [1.807, 2.05) is 0 Å². The average Bonchev–Trinajstić information content (AvgIpc) is 2.16. The first-order chi connectivity index (χ1) is 6.97. The number of anilines is 1. The smallest absolute Gasteiger partial charge is 0.342 e. The van der Waals surface area contributed by atoms with Gasteiger partial charge in [0.05, 0.1) is 17.7 Å². The molecule has 15 heavy (non-hydrogen) atoms. The first-order valence-electron chi connectivity index (χ1n) is 3.82. The Morgan fingerprint density at radius 2 is 2.20 bits per heavy atom. The van der Waals surface area contributed by atoms with Gasteiger partial charge < -0.3 is 15.6 Å². The molecule has 0 amide bonds. The number of carbonyl (C=O) groups is 1. The molecule has 7 heteroatoms. The van der Waals surface area contributed by atoms with E-state index in [0.29, 0.717) is 0 Å². The van der Waals surface area contributed by atoms with Gasteiger partial charge in [0.1, 0.15) is 11.3 Å². The highest BCUT2D eigenvalue weighted by molar-refractivity contribution is 5.94. The van der Waals surface area contributed by atoms with Crippen LogP contribution in [0.2, 0.25) is 0 Å². The summed E-state index contributed by atoms with van der Waals surface area (Å²) in [4.78, 5) is 20.4. The van der Waals surface area contributed by atoms with E-state index in [0.717, 1.165) is 12.1 Å². The lowest BCUT2D eigenvalue weighted by molar-refractivity contribution is -0.385. The Bertz CT molecular complexity index is 429. The average molecular weight is 212 g/mol. The van der Waals surface area contributed by atoms with Gasteiger partial charge in [0.25, 0.3) is 5.69 Å². The van der Waals surface area contributed by atoms with E-state index in [9.17, 15) is 14.9 Å². The highest BCUT2D eigenvalue weighted by Gasteiger charge is 2.22. The summed E-state index contributed by atoms with van der Waals surface area (Å²) in [6.45, 7) is 0. The fourth-order valence-electron chi connectivity index (χ4n) is 1.08. The summed E-state index contributed by atoms with van der Waals surface area (Å²) in [5.41, 5.74) is 4.43. The van der Waals surface area contributed by atoms with Crippen molar-refractivity contribution in [2.75, 3.05) is 12.8 Å². The first-order valence-corrected chi connectivity index (χ1v) is 3.82. The topological polar surface area (TPSA) is 116 Å². The molecule has 3 N–H and O–H groups in total. The van der Waals surface area contributed by atoms with Crippen molar-refractivity contribution in [3.63, 3.8) is 0 Å². The van der Waals surface area contributed by atoms with Gasteiger partial charge in [-0.05, 0) is 0 Å². The first kappa shape index (κ1) is 10.8. The highest BCUT2D eigenvalue weighted by atomic mass is 16.6. The zero-order valence-electron chi connectivity index (χ0n) is 7.76. The molecule has 0 unspecified atom stereocenters. The van der Waals surface area contributed by atoms with Crippen LogP contribution in [0, 0.1) is 10.1 Å². The molecule has 0 atom stereocenters. The highest BCUT2D eigenvalue weighted by Crippen LogP contribution is 2.30. The summed E-state index contributed by atoms with van der Waals surface area (Å²) in [7, 11) is 1.29. The number of rotatable bonds is 3. The van der Waals surface area contributed by atoms with E-state index in [1.54, 1.807) is 0 Å². The van der Waals surface area contributed by atoms with Crippen LogP contribution < -0.4 is 10.5 Å². The number of carboxylic acids is 1. The second kappa shape index (κ2) is 3.82. The van der Waals surface area contributed by atoms with Gasteiger partial charge in [0.2, 0.25) is 0 Å². The Kier molecular flexibility index (Phi) is 2.75. The summed E-state index contributed by atoms with van der Waals surface area (Å²) in [6, 6.07) is 1.98. The SMILES string of the molecule is COc1cc(C(=O)O)c([N+](=O)[O-])cc1N. The van der Waals surface area contributed by atoms with Crippen molar-refractivity contribution < 1.29 is 19.6 Å². The van der Waals surface area contributed by atoms with E-state index in [-0.39, 0.29) is 11.4 Å². The number of nitro benzene ring substituents is 1. The normalized spacial score (nSPS) is 9.67. The maximum atomic E-state index is 10.7. The number of hydrogen-bond donors (Lipinski definition) is 2. The van der Waals surface area contributed by atoms with Gasteiger partial charge in [-0.25, -0.2) is 4.79 Å². The van der Waals surface area contributed by atoms with Gasteiger partial charge in [0.15, 0.2) is 0 Å². The number of nitrogens with two attached hydrogens (primary N) is 1. The molecule has 1 rings (SSSR count). The number of aromatic carboxylic acids is 1. The minimum absolute atomic E-state index is 0.0224. The summed E-state index contributed by atoms with van der Waals surface area (Å²) in [5.74, 6) is -1.31. The fraction of sp³-hybridized carbons (Fsp3) is 0.125. The number of nitro groups is 1. The molecular weight excluding hydrogens is 204 g/mol. The number of nitrogen functional groups attached to an aromatic ring is 1. The number of methoxy groups -OCH3 is 1. The molecule has 0 spiro atoms. The third kappa shape index (κ3) is 1.96. The minimum Gasteiger partial charge on any atom is -0.495 e. The van der Waals surface area contributed by atoms with Crippen molar-refractivity contribution in [1.29, 1.82) is 0 Å². The molecular formula is C8H8N2O5. The Morgan fingerprint density at radius 3 is 2.60 bits per heavy atom. The third-order valence-corrected chi connectivity index (χ3v) is 1.78. The Hall–Kier alpha value is -2.31. The molecule has 7 nitrogen and oxygen atoms in total. The van der Waals surface area contributed by atoms with Gasteiger partial charge in [0, 0.05) is 12.1 Å². The Balaban J connectivity index is 3.45. The predicted octanol–water partition coefficient (Wildman–Crippen LogP) is 0.884. The van der Waals surface area contributed by atoms with E-state index < -0.39 is 22.1 Å². The third-order valence-electron chi connectivity index (χ3n) is 1.78. The lowest BCUT2D eigenvalue weighted by atomic mass is 10.1. The van der Waals surface area contributed by atoms with Crippen LogP contribution in [0.15, 0.2) is 12.1 Å². The quantitative estimate of drug-likeness (QED) is 0.436. The minimum atomic E-state index is -1.40. The van der Waals surface area contributed by atoms with Crippen molar-refractivity contribution in [3.8, 4) is 5.75 Å². The summed E-state index contributed by atoms with van der Waals surface area (Å²) < 4.78 is 4.76. The molecule has 0 saturated heterocycles. The Morgan fingerprint density at radius 1 is 1.60 bits per heavy atom. The maximum absolute atomic E-state index is 10.7. The zero-order valence-corrected chi connectivity index (χ0v) is 7.76. The van der Waals surface area contributed by atoms with E-state index in [2.05, 4.69) is 0 Å². The molecule has 0 aliphatic rings. The van der Waals surface area contributed by atoms with Crippen molar-refractivity contribution in [2.24, 2.45) is 0 Å². The molecule has 0 fully saturated rings. The molecule has 0 radical (unpaired) electrons. The largest absolute Gasteiger partial charge is 0.495 e. The summed E-state index contributed by atoms with van der Waals surface area (Å²) >= 11 is 0. The van der Waals surface area contributed by atoms with Gasteiger partial charge >= 0.3 is 5.97 Å². The van der Waals surface area contributed by atoms with Crippen LogP contribution in [-0.4, -0.2) is 23.1 Å². The van der Waals surface area contributed by atoms with Crippen molar-refractivity contribution in [1.82, 2.24) is 0 Å². The number of ether oxygens (including phenoxy) is 1. The van der Waals surface area contributed by atoms with Crippen LogP contribution in [0.1, 0.15) is 10.4 Å². The molecule has 0 saturated carbocycles. The second-order valence-electron chi connectivity index (χ2n) is 2.67. The summed E-state index contributed by atoms with van der Waals surface area (Å²) in [5, 5.41) is 19.2. The van der Waals surface area contributed by atoms with E-state index in [4.69, 9.17) is 15.6 Å². The standard InChI is InChI=1S/C8H8N2O5/c1-15-7-2-4(8(11)12)6(10(13)14)3-5(7)9/h2-3H,9H2,1H3,(H,11,12). The lowest BCUT2D eigenvalue weighted by Gasteiger charge is -2.05. The van der Waals surface area contributed by atoms with Gasteiger partial charge in [-0.3, -0.25) is 10.1 Å². The molecule has 0 heterocycles. The Labute approximate surface area is 84.2 Å². The van der Waals surface area contributed by atoms with Crippen LogP contribution >= 0.6 is 0 Å². The van der Waals surface area contributed by atoms with Crippen LogP contribution in [0.4, 0.5) is 11.4 Å². The van der Waals surface area contributed by atoms with Gasteiger partial charge in [-0.15, -0.1) is 0 Å². The lowest BCUT2D eigenvalue weighted by Crippen LogP contribution is -2.05. The second-order valence-corrected chi connectivity index (χ2v) is 2.67. The van der Waals surface area contributed by atoms with Crippen molar-refractivity contribution in [3.05, 3.63) is 27.8 Å². The molecule has 0 aliphatic carbocycles. The predicted molar refractivity (Wildman–Crippen MR) is 51.0 cm³/mol. The molecule has 1 aromatic carbocycles.